The van der Waals surface area contributed by atoms with Crippen LogP contribution in [0.4, 0.5) is 5.13 Å². The smallest absolute Gasteiger partial charge is 0.203 e. The minimum Gasteiger partial charge on any atom is -0.493 e. The summed E-state index contributed by atoms with van der Waals surface area (Å²) in [4.78, 5) is 4.30. The maximum Gasteiger partial charge on any atom is 0.203 e. The van der Waals surface area contributed by atoms with E-state index in [1.807, 2.05) is 30.5 Å². The first kappa shape index (κ1) is 16.0. The second-order valence-electron chi connectivity index (χ2n) is 4.55. The molecule has 0 spiro atoms. The van der Waals surface area contributed by atoms with Gasteiger partial charge in [0.1, 0.15) is 5.75 Å². The number of aryl methyl sites for hydroxylation is 1. The molecule has 2 aromatic rings. The SMILES string of the molecule is CCCCOc1ccc(Br)cc1C=NNc1nc(C)cs1. The van der Waals surface area contributed by atoms with Gasteiger partial charge in [-0.05, 0) is 31.5 Å². The lowest BCUT2D eigenvalue weighted by Gasteiger charge is -2.08. The quantitative estimate of drug-likeness (QED) is 0.432. The number of aromatic nitrogens is 1. The van der Waals surface area contributed by atoms with Crippen molar-refractivity contribution in [2.75, 3.05) is 12.0 Å². The Balaban J connectivity index is 2.04. The largest absolute Gasteiger partial charge is 0.493 e. The Hall–Kier alpha value is -1.40. The van der Waals surface area contributed by atoms with E-state index >= 15 is 0 Å². The van der Waals surface area contributed by atoms with Gasteiger partial charge < -0.3 is 4.74 Å². The molecule has 0 unspecified atom stereocenters. The van der Waals surface area contributed by atoms with Gasteiger partial charge in [0.25, 0.3) is 0 Å². The molecule has 1 aromatic carbocycles. The zero-order valence-electron chi connectivity index (χ0n) is 12.1. The van der Waals surface area contributed by atoms with E-state index in [2.05, 4.69) is 38.4 Å². The van der Waals surface area contributed by atoms with Gasteiger partial charge in [-0.15, -0.1) is 11.3 Å². The highest BCUT2D eigenvalue weighted by atomic mass is 79.9. The van der Waals surface area contributed by atoms with E-state index in [0.29, 0.717) is 0 Å². The van der Waals surface area contributed by atoms with Gasteiger partial charge in [0.05, 0.1) is 18.5 Å². The van der Waals surface area contributed by atoms with Crippen LogP contribution in [0.15, 0.2) is 33.2 Å². The highest BCUT2D eigenvalue weighted by molar-refractivity contribution is 9.10. The lowest BCUT2D eigenvalue weighted by Crippen LogP contribution is -2.00. The van der Waals surface area contributed by atoms with Crippen LogP contribution >= 0.6 is 27.3 Å². The fraction of sp³-hybridized carbons (Fsp3) is 0.333. The van der Waals surface area contributed by atoms with Crippen molar-refractivity contribution in [3.8, 4) is 5.75 Å². The Labute approximate surface area is 137 Å². The van der Waals surface area contributed by atoms with Gasteiger partial charge in [0.2, 0.25) is 5.13 Å². The molecule has 0 saturated heterocycles. The number of ether oxygens (including phenoxy) is 1. The first-order valence-corrected chi connectivity index (χ1v) is 8.50. The summed E-state index contributed by atoms with van der Waals surface area (Å²) in [5.41, 5.74) is 4.86. The van der Waals surface area contributed by atoms with Crippen molar-refractivity contribution < 1.29 is 4.74 Å². The predicted octanol–water partition coefficient (Wildman–Crippen LogP) is 4.84. The molecule has 1 N–H and O–H groups in total. The van der Waals surface area contributed by atoms with E-state index in [1.165, 1.54) is 11.3 Å². The number of nitrogens with zero attached hydrogens (tertiary/aromatic N) is 2. The molecule has 0 aliphatic rings. The van der Waals surface area contributed by atoms with Crippen molar-refractivity contribution in [2.24, 2.45) is 5.10 Å². The van der Waals surface area contributed by atoms with Gasteiger partial charge in [0.15, 0.2) is 0 Å². The van der Waals surface area contributed by atoms with Crippen LogP contribution < -0.4 is 10.2 Å². The number of hydrazone groups is 1. The summed E-state index contributed by atoms with van der Waals surface area (Å²) < 4.78 is 6.78. The molecule has 0 bridgehead atoms. The number of rotatable bonds is 7. The van der Waals surface area contributed by atoms with E-state index in [9.17, 15) is 0 Å². The third-order valence-electron chi connectivity index (χ3n) is 2.71. The van der Waals surface area contributed by atoms with Crippen molar-refractivity contribution in [1.29, 1.82) is 0 Å². The number of hydrogen-bond donors (Lipinski definition) is 1. The van der Waals surface area contributed by atoms with Crippen LogP contribution in [0.25, 0.3) is 0 Å². The number of nitrogens with one attached hydrogen (secondary N) is 1. The Kier molecular flexibility index (Phi) is 6.20. The zero-order valence-corrected chi connectivity index (χ0v) is 14.5. The fourth-order valence-corrected chi connectivity index (χ4v) is 2.66. The third kappa shape index (κ3) is 5.13. The van der Waals surface area contributed by atoms with Crippen LogP contribution in [0, 0.1) is 6.92 Å². The molecular formula is C15H18BrN3OS. The number of hydrogen-bond acceptors (Lipinski definition) is 5. The summed E-state index contributed by atoms with van der Waals surface area (Å²) in [7, 11) is 0. The molecule has 4 nitrogen and oxygen atoms in total. The van der Waals surface area contributed by atoms with Crippen molar-refractivity contribution >= 4 is 38.6 Å². The molecule has 0 aliphatic carbocycles. The highest BCUT2D eigenvalue weighted by Crippen LogP contribution is 2.22. The number of benzene rings is 1. The Morgan fingerprint density at radius 2 is 2.33 bits per heavy atom. The summed E-state index contributed by atoms with van der Waals surface area (Å²) in [5.74, 6) is 0.840. The van der Waals surface area contributed by atoms with E-state index in [-0.39, 0.29) is 0 Å². The standard InChI is InChI=1S/C15H18BrN3OS/c1-3-4-7-20-14-6-5-13(16)8-12(14)9-17-19-15-18-11(2)10-21-15/h5-6,8-10H,3-4,7H2,1-2H3,(H,18,19). The Morgan fingerprint density at radius 1 is 1.48 bits per heavy atom. The minimum absolute atomic E-state index is 0.720. The molecule has 6 heteroatoms. The van der Waals surface area contributed by atoms with Gasteiger partial charge in [-0.1, -0.05) is 29.3 Å². The van der Waals surface area contributed by atoms with Crippen molar-refractivity contribution in [3.05, 3.63) is 39.3 Å². The summed E-state index contributed by atoms with van der Waals surface area (Å²) in [6, 6.07) is 5.91. The lowest BCUT2D eigenvalue weighted by atomic mass is 10.2. The molecule has 0 fully saturated rings. The van der Waals surface area contributed by atoms with E-state index in [0.717, 1.165) is 46.1 Å². The van der Waals surface area contributed by atoms with E-state index in [4.69, 9.17) is 4.74 Å². The average Bonchev–Trinajstić information content (AvgIpc) is 2.87. The van der Waals surface area contributed by atoms with Gasteiger partial charge >= 0.3 is 0 Å². The highest BCUT2D eigenvalue weighted by Gasteiger charge is 2.03. The van der Waals surface area contributed by atoms with Crippen LogP contribution in [-0.2, 0) is 0 Å². The van der Waals surface area contributed by atoms with Crippen molar-refractivity contribution in [1.82, 2.24) is 4.98 Å². The van der Waals surface area contributed by atoms with Crippen molar-refractivity contribution in [3.63, 3.8) is 0 Å². The molecule has 2 rings (SSSR count). The predicted molar refractivity (Wildman–Crippen MR) is 92.6 cm³/mol. The summed E-state index contributed by atoms with van der Waals surface area (Å²) in [6.07, 6.45) is 3.91. The first-order valence-electron chi connectivity index (χ1n) is 6.82. The van der Waals surface area contributed by atoms with Gasteiger partial charge in [-0.3, -0.25) is 5.43 Å². The normalized spacial score (nSPS) is 11.0. The van der Waals surface area contributed by atoms with Crippen molar-refractivity contribution in [2.45, 2.75) is 26.7 Å². The fourth-order valence-electron chi connectivity index (χ4n) is 1.64. The topological polar surface area (TPSA) is 46.5 Å². The second kappa shape index (κ2) is 8.14. The minimum atomic E-state index is 0.720. The zero-order chi connectivity index (χ0) is 15.1. The number of thiazole rings is 1. The molecule has 1 aromatic heterocycles. The summed E-state index contributed by atoms with van der Waals surface area (Å²) in [6.45, 7) is 4.82. The molecule has 0 aliphatic heterocycles. The average molecular weight is 368 g/mol. The molecule has 0 saturated carbocycles. The molecular weight excluding hydrogens is 350 g/mol. The van der Waals surface area contributed by atoms with E-state index < -0.39 is 0 Å². The molecule has 0 radical (unpaired) electrons. The molecule has 112 valence electrons. The third-order valence-corrected chi connectivity index (χ3v) is 4.07. The van der Waals surface area contributed by atoms with Gasteiger partial charge in [-0.25, -0.2) is 4.98 Å². The monoisotopic (exact) mass is 367 g/mol. The molecule has 0 amide bonds. The molecule has 1 heterocycles. The van der Waals surface area contributed by atoms with Gasteiger partial charge in [-0.2, -0.15) is 5.10 Å². The maximum atomic E-state index is 5.79. The number of anilines is 1. The second-order valence-corrected chi connectivity index (χ2v) is 6.32. The summed E-state index contributed by atoms with van der Waals surface area (Å²) >= 11 is 5.00. The first-order chi connectivity index (χ1) is 10.2. The Bertz CT molecular complexity index is 613. The van der Waals surface area contributed by atoms with Crippen LogP contribution in [0.3, 0.4) is 0 Å². The van der Waals surface area contributed by atoms with E-state index in [1.54, 1.807) is 6.21 Å². The number of unbranched alkanes of at least 4 members (excludes halogenated alkanes) is 1. The number of halogens is 1. The maximum absolute atomic E-state index is 5.79. The molecule has 21 heavy (non-hydrogen) atoms. The van der Waals surface area contributed by atoms with Crippen LogP contribution in [0.2, 0.25) is 0 Å². The van der Waals surface area contributed by atoms with Gasteiger partial charge in [0, 0.05) is 15.4 Å². The lowest BCUT2D eigenvalue weighted by molar-refractivity contribution is 0.309. The molecule has 0 atom stereocenters. The van der Waals surface area contributed by atoms with Crippen LogP contribution in [0.5, 0.6) is 5.75 Å². The van der Waals surface area contributed by atoms with Crippen LogP contribution in [0.1, 0.15) is 31.0 Å². The van der Waals surface area contributed by atoms with Crippen LogP contribution in [-0.4, -0.2) is 17.8 Å². The summed E-state index contributed by atoms with van der Waals surface area (Å²) in [5, 5.41) is 6.99. The Morgan fingerprint density at radius 3 is 3.05 bits per heavy atom.